The molecule has 1 saturated heterocycles. The van der Waals surface area contributed by atoms with Crippen LogP contribution in [0, 0.1) is 23.7 Å². The number of hydrogen-bond donors (Lipinski definition) is 3. The highest BCUT2D eigenvalue weighted by Gasteiger charge is 2.54. The van der Waals surface area contributed by atoms with Gasteiger partial charge in [-0.3, -0.25) is 19.2 Å². The average Bonchev–Trinajstić information content (AvgIpc) is 3.23. The number of hydrogen-bond acceptors (Lipinski definition) is 14. The molecule has 10 atom stereocenters. The number of aliphatic hydroxyl groups is 3. The first kappa shape index (κ1) is 32.7. The van der Waals surface area contributed by atoms with E-state index in [1.807, 2.05) is 13.8 Å². The molecule has 41 heavy (non-hydrogen) atoms. The van der Waals surface area contributed by atoms with Crippen molar-refractivity contribution in [2.24, 2.45) is 23.7 Å². The van der Waals surface area contributed by atoms with Crippen LogP contribution in [0.3, 0.4) is 0 Å². The van der Waals surface area contributed by atoms with Crippen molar-refractivity contribution in [3.05, 3.63) is 11.8 Å². The molecule has 0 aromatic carbocycles. The van der Waals surface area contributed by atoms with Crippen LogP contribution >= 0.6 is 0 Å². The second kappa shape index (κ2) is 14.4. The van der Waals surface area contributed by atoms with Gasteiger partial charge >= 0.3 is 23.9 Å². The van der Waals surface area contributed by atoms with Crippen LogP contribution in [0.4, 0.5) is 0 Å². The number of rotatable bonds is 11. The molecule has 0 aromatic heterocycles. The van der Waals surface area contributed by atoms with E-state index in [2.05, 4.69) is 0 Å². The molecule has 232 valence electrons. The van der Waals surface area contributed by atoms with E-state index in [9.17, 15) is 34.5 Å². The van der Waals surface area contributed by atoms with Gasteiger partial charge in [0.15, 0.2) is 12.4 Å². The van der Waals surface area contributed by atoms with Crippen molar-refractivity contribution in [3.8, 4) is 0 Å². The van der Waals surface area contributed by atoms with Crippen LogP contribution in [0.1, 0.15) is 47.5 Å². The molecule has 0 bridgehead atoms. The Hall–Kier alpha value is -2.78. The quantitative estimate of drug-likeness (QED) is 0.215. The molecule has 0 amide bonds. The molecule has 2 heterocycles. The summed E-state index contributed by atoms with van der Waals surface area (Å²) in [5, 5.41) is 30.3. The van der Waals surface area contributed by atoms with E-state index in [4.69, 9.17) is 33.2 Å². The zero-order valence-electron chi connectivity index (χ0n) is 23.8. The van der Waals surface area contributed by atoms with Crippen molar-refractivity contribution in [2.75, 3.05) is 19.8 Å². The van der Waals surface area contributed by atoms with E-state index >= 15 is 0 Å². The van der Waals surface area contributed by atoms with Crippen molar-refractivity contribution < 1.29 is 67.7 Å². The number of aliphatic hydroxyl groups excluding tert-OH is 3. The molecule has 3 aliphatic rings. The molecule has 14 heteroatoms. The van der Waals surface area contributed by atoms with E-state index in [1.165, 1.54) is 20.1 Å². The van der Waals surface area contributed by atoms with Gasteiger partial charge in [-0.25, -0.2) is 0 Å². The third-order valence-corrected chi connectivity index (χ3v) is 7.23. The van der Waals surface area contributed by atoms with Gasteiger partial charge in [0.1, 0.15) is 24.4 Å². The zero-order chi connectivity index (χ0) is 30.4. The summed E-state index contributed by atoms with van der Waals surface area (Å²) in [6.45, 7) is 6.42. The topological polar surface area (TPSA) is 194 Å². The molecule has 14 nitrogen and oxygen atoms in total. The Morgan fingerprint density at radius 3 is 2.24 bits per heavy atom. The molecule has 1 saturated carbocycles. The van der Waals surface area contributed by atoms with E-state index < -0.39 is 91.3 Å². The molecule has 2 aliphatic heterocycles. The maximum absolute atomic E-state index is 12.6. The monoisotopic (exact) mass is 588 g/mol. The van der Waals surface area contributed by atoms with Crippen molar-refractivity contribution in [2.45, 2.75) is 90.6 Å². The summed E-state index contributed by atoms with van der Waals surface area (Å²) in [7, 11) is 0. The van der Waals surface area contributed by atoms with E-state index in [1.54, 1.807) is 0 Å². The van der Waals surface area contributed by atoms with Gasteiger partial charge in [0.2, 0.25) is 6.29 Å². The molecule has 2 unspecified atom stereocenters. The maximum Gasteiger partial charge on any atom is 0.309 e. The summed E-state index contributed by atoms with van der Waals surface area (Å²) in [4.78, 5) is 47.8. The molecular formula is C27H40O14. The highest BCUT2D eigenvalue weighted by atomic mass is 16.7. The van der Waals surface area contributed by atoms with Gasteiger partial charge in [-0.15, -0.1) is 0 Å². The van der Waals surface area contributed by atoms with E-state index in [-0.39, 0.29) is 32.0 Å². The Bertz CT molecular complexity index is 979. The molecule has 2 fully saturated rings. The van der Waals surface area contributed by atoms with Crippen LogP contribution in [-0.2, 0) is 52.3 Å². The van der Waals surface area contributed by atoms with Crippen molar-refractivity contribution in [1.29, 1.82) is 0 Å². The van der Waals surface area contributed by atoms with Gasteiger partial charge in [-0.1, -0.05) is 13.8 Å². The lowest BCUT2D eigenvalue weighted by atomic mass is 9.83. The largest absolute Gasteiger partial charge is 0.465 e. The van der Waals surface area contributed by atoms with Gasteiger partial charge in [-0.2, -0.15) is 0 Å². The molecule has 0 aromatic rings. The third-order valence-electron chi connectivity index (χ3n) is 7.23. The van der Waals surface area contributed by atoms with Crippen molar-refractivity contribution >= 4 is 23.9 Å². The van der Waals surface area contributed by atoms with Crippen LogP contribution in [0.2, 0.25) is 0 Å². The summed E-state index contributed by atoms with van der Waals surface area (Å²) >= 11 is 0. The summed E-state index contributed by atoms with van der Waals surface area (Å²) in [5.74, 6) is -3.87. The molecule has 0 spiro atoms. The number of carbonyl (C=O) groups is 4. The van der Waals surface area contributed by atoms with Crippen LogP contribution in [0.15, 0.2) is 11.8 Å². The second-order valence-corrected chi connectivity index (χ2v) is 10.9. The summed E-state index contributed by atoms with van der Waals surface area (Å²) in [5.41, 5.74) is 0.542. The highest BCUT2D eigenvalue weighted by molar-refractivity contribution is 5.70. The van der Waals surface area contributed by atoms with E-state index in [0.29, 0.717) is 5.57 Å². The molecule has 3 N–H and O–H groups in total. The smallest absolute Gasteiger partial charge is 0.309 e. The molecule has 0 radical (unpaired) electrons. The first-order valence-corrected chi connectivity index (χ1v) is 13.6. The lowest BCUT2D eigenvalue weighted by Gasteiger charge is -2.41. The Kier molecular flexibility index (Phi) is 11.5. The standard InChI is InChI=1S/C27H40O14/c1-12(2)6-21(32)41-26-22-17(7-19(38-14(4)30)18(22)11-35-13(3)29)16(9-36-26)10-37-27-25(39-15(5)31)24(34)23(33)20(8-28)40-27/h9,12,17-20,22-28,33-34H,6-8,10-11H2,1-5H3/t17?,18-,19-,20+,22?,23+,24-,25+,26-,27+/m0/s1. The summed E-state index contributed by atoms with van der Waals surface area (Å²) in [6.07, 6.45) is -7.08. The second-order valence-electron chi connectivity index (χ2n) is 10.9. The van der Waals surface area contributed by atoms with Gasteiger partial charge in [0, 0.05) is 39.0 Å². The number of carbonyl (C=O) groups excluding carboxylic acids is 4. The number of esters is 4. The Morgan fingerprint density at radius 1 is 0.976 bits per heavy atom. The van der Waals surface area contributed by atoms with Gasteiger partial charge in [0.25, 0.3) is 0 Å². The normalized spacial score (nSPS) is 34.6. The first-order valence-electron chi connectivity index (χ1n) is 13.6. The van der Waals surface area contributed by atoms with Crippen LogP contribution in [0.5, 0.6) is 0 Å². The fraction of sp³-hybridized carbons (Fsp3) is 0.778. The molecule has 1 aliphatic carbocycles. The summed E-state index contributed by atoms with van der Waals surface area (Å²) < 4.78 is 38.9. The van der Waals surface area contributed by atoms with Crippen LogP contribution in [-0.4, -0.2) is 102 Å². The minimum atomic E-state index is -1.60. The fourth-order valence-electron chi connectivity index (χ4n) is 5.48. The van der Waals surface area contributed by atoms with Crippen molar-refractivity contribution in [1.82, 2.24) is 0 Å². The lowest BCUT2D eigenvalue weighted by molar-refractivity contribution is -0.302. The third kappa shape index (κ3) is 8.38. The van der Waals surface area contributed by atoms with Crippen LogP contribution in [0.25, 0.3) is 0 Å². The van der Waals surface area contributed by atoms with Crippen molar-refractivity contribution in [3.63, 3.8) is 0 Å². The predicted molar refractivity (Wildman–Crippen MR) is 135 cm³/mol. The highest BCUT2D eigenvalue weighted by Crippen LogP contribution is 2.48. The SMILES string of the molecule is CC(=O)OC[C@@H]1C2C(C[C@@H]1OC(C)=O)C(CO[C@@H]1O[C@H](CO)[C@@H](O)[C@H](O)[C@H]1OC(C)=O)=CO[C@H]2OC(=O)CC(C)C. The Labute approximate surface area is 237 Å². The number of ether oxygens (including phenoxy) is 7. The number of fused-ring (bicyclic) bond motifs is 1. The maximum atomic E-state index is 12.6. The fourth-order valence-corrected chi connectivity index (χ4v) is 5.48. The lowest BCUT2D eigenvalue weighted by Crippen LogP contribution is -2.60. The zero-order valence-corrected chi connectivity index (χ0v) is 23.8. The van der Waals surface area contributed by atoms with Crippen LogP contribution < -0.4 is 0 Å². The molecular weight excluding hydrogens is 548 g/mol. The Morgan fingerprint density at radius 2 is 1.66 bits per heavy atom. The minimum Gasteiger partial charge on any atom is -0.465 e. The van der Waals surface area contributed by atoms with Gasteiger partial charge in [-0.05, 0) is 23.8 Å². The summed E-state index contributed by atoms with van der Waals surface area (Å²) in [6, 6.07) is 0. The van der Waals surface area contributed by atoms with Gasteiger partial charge in [0.05, 0.1) is 26.1 Å². The van der Waals surface area contributed by atoms with E-state index in [0.717, 1.165) is 6.92 Å². The minimum absolute atomic E-state index is 0.0351. The predicted octanol–water partition coefficient (Wildman–Crippen LogP) is -0.0497. The Balaban J connectivity index is 1.86. The molecule has 3 rings (SSSR count). The van der Waals surface area contributed by atoms with Gasteiger partial charge < -0.3 is 48.5 Å². The first-order chi connectivity index (χ1) is 19.3. The average molecular weight is 589 g/mol.